The van der Waals surface area contributed by atoms with Crippen LogP contribution in [0.1, 0.15) is 52.5 Å². The van der Waals surface area contributed by atoms with Crippen LogP contribution in [-0.2, 0) is 4.74 Å². The number of para-hydroxylation sites is 1. The van der Waals surface area contributed by atoms with Crippen LogP contribution in [0.2, 0.25) is 0 Å². The molecule has 1 heterocycles. The number of rotatable bonds is 3. The summed E-state index contributed by atoms with van der Waals surface area (Å²) >= 11 is 0. The Morgan fingerprint density at radius 1 is 1.32 bits per heavy atom. The monoisotopic (exact) mass is 304 g/mol. The van der Waals surface area contributed by atoms with Gasteiger partial charge in [-0.25, -0.2) is 4.79 Å². The van der Waals surface area contributed by atoms with Crippen molar-refractivity contribution in [3.05, 3.63) is 29.8 Å². The number of hydrogen-bond acceptors (Lipinski definition) is 3. The molecule has 22 heavy (non-hydrogen) atoms. The molecule has 1 aromatic rings. The average molecular weight is 304 g/mol. The molecule has 4 nitrogen and oxygen atoms in total. The van der Waals surface area contributed by atoms with Gasteiger partial charge in [0.25, 0.3) is 0 Å². The van der Waals surface area contributed by atoms with E-state index in [1.807, 2.05) is 20.8 Å². The molecule has 2 rings (SSSR count). The maximum Gasteiger partial charge on any atom is 0.410 e. The maximum absolute atomic E-state index is 12.1. The zero-order valence-corrected chi connectivity index (χ0v) is 14.3. The van der Waals surface area contributed by atoms with Crippen LogP contribution in [0.3, 0.4) is 0 Å². The fourth-order valence-electron chi connectivity index (χ4n) is 2.72. The molecule has 1 aliphatic rings. The van der Waals surface area contributed by atoms with E-state index in [2.05, 4.69) is 43.4 Å². The molecule has 4 heteroatoms. The molecule has 0 aromatic heterocycles. The highest BCUT2D eigenvalue weighted by molar-refractivity contribution is 5.68. The minimum absolute atomic E-state index is 0.214. The van der Waals surface area contributed by atoms with Crippen molar-refractivity contribution in [2.45, 2.75) is 58.6 Å². The summed E-state index contributed by atoms with van der Waals surface area (Å²) in [5, 5.41) is 3.59. The zero-order chi connectivity index (χ0) is 16.3. The smallest absolute Gasteiger partial charge is 0.410 e. The molecule has 0 spiro atoms. The molecule has 0 bridgehead atoms. The minimum Gasteiger partial charge on any atom is -0.444 e. The second-order valence-corrected chi connectivity index (χ2v) is 7.30. The lowest BCUT2D eigenvalue weighted by molar-refractivity contribution is 0.0293. The quantitative estimate of drug-likeness (QED) is 0.908. The Morgan fingerprint density at radius 3 is 2.64 bits per heavy atom. The number of carbonyl (C=O) groups is 1. The van der Waals surface area contributed by atoms with Crippen molar-refractivity contribution in [1.29, 1.82) is 0 Å². The van der Waals surface area contributed by atoms with Crippen molar-refractivity contribution in [2.75, 3.05) is 18.4 Å². The first-order valence-electron chi connectivity index (χ1n) is 8.09. The largest absolute Gasteiger partial charge is 0.444 e. The highest BCUT2D eigenvalue weighted by atomic mass is 16.6. The summed E-state index contributed by atoms with van der Waals surface area (Å²) in [5.41, 5.74) is 2.05. The van der Waals surface area contributed by atoms with Gasteiger partial charge in [0.1, 0.15) is 5.60 Å². The molecule has 0 aliphatic carbocycles. The van der Waals surface area contributed by atoms with Crippen LogP contribution in [0, 0.1) is 0 Å². The van der Waals surface area contributed by atoms with E-state index in [0.717, 1.165) is 13.0 Å². The summed E-state index contributed by atoms with van der Waals surface area (Å²) in [6, 6.07) is 8.68. The van der Waals surface area contributed by atoms with E-state index in [0.29, 0.717) is 12.5 Å². The molecule has 1 fully saturated rings. The topological polar surface area (TPSA) is 41.6 Å². The van der Waals surface area contributed by atoms with E-state index in [1.54, 1.807) is 4.90 Å². The number of likely N-dealkylation sites (tertiary alicyclic amines) is 1. The third kappa shape index (κ3) is 4.39. The van der Waals surface area contributed by atoms with Gasteiger partial charge in [0.05, 0.1) is 0 Å². The Balaban J connectivity index is 1.96. The molecule has 1 saturated heterocycles. The van der Waals surface area contributed by atoms with E-state index in [-0.39, 0.29) is 12.1 Å². The van der Waals surface area contributed by atoms with Gasteiger partial charge in [-0.05, 0) is 44.7 Å². The van der Waals surface area contributed by atoms with Crippen molar-refractivity contribution in [3.63, 3.8) is 0 Å². The minimum atomic E-state index is -0.438. The number of benzene rings is 1. The van der Waals surface area contributed by atoms with Gasteiger partial charge in [-0.3, -0.25) is 0 Å². The van der Waals surface area contributed by atoms with Crippen LogP contribution in [0.25, 0.3) is 0 Å². The molecule has 1 atom stereocenters. The van der Waals surface area contributed by atoms with Gasteiger partial charge < -0.3 is 15.0 Å². The predicted molar refractivity (Wildman–Crippen MR) is 90.4 cm³/mol. The van der Waals surface area contributed by atoms with Gasteiger partial charge in [-0.15, -0.1) is 0 Å². The maximum atomic E-state index is 12.1. The third-order valence-corrected chi connectivity index (χ3v) is 3.78. The first kappa shape index (κ1) is 16.7. The third-order valence-electron chi connectivity index (χ3n) is 3.78. The predicted octanol–water partition coefficient (Wildman–Crippen LogP) is 4.23. The van der Waals surface area contributed by atoms with Crippen LogP contribution >= 0.6 is 0 Å². The SMILES string of the molecule is CC(C)c1ccccc1N[C@H]1CCN(C(=O)OC(C)(C)C)C1. The fourth-order valence-corrected chi connectivity index (χ4v) is 2.72. The average Bonchev–Trinajstić information content (AvgIpc) is 2.86. The van der Waals surface area contributed by atoms with E-state index < -0.39 is 5.60 Å². The van der Waals surface area contributed by atoms with Gasteiger partial charge in [0, 0.05) is 24.8 Å². The molecule has 1 aliphatic heterocycles. The van der Waals surface area contributed by atoms with Crippen molar-refractivity contribution >= 4 is 11.8 Å². The molecule has 1 N–H and O–H groups in total. The van der Waals surface area contributed by atoms with E-state index >= 15 is 0 Å². The van der Waals surface area contributed by atoms with E-state index in [4.69, 9.17) is 4.74 Å². The van der Waals surface area contributed by atoms with Crippen molar-refractivity contribution in [3.8, 4) is 0 Å². The standard InChI is InChI=1S/C18H28N2O2/c1-13(2)15-8-6-7-9-16(15)19-14-10-11-20(12-14)17(21)22-18(3,4)5/h6-9,13-14,19H,10-12H2,1-5H3/t14-/m0/s1. The van der Waals surface area contributed by atoms with Crippen LogP contribution in [-0.4, -0.2) is 35.7 Å². The molecule has 122 valence electrons. The molecular formula is C18H28N2O2. The van der Waals surface area contributed by atoms with Gasteiger partial charge >= 0.3 is 6.09 Å². The van der Waals surface area contributed by atoms with Gasteiger partial charge in [-0.1, -0.05) is 32.0 Å². The second-order valence-electron chi connectivity index (χ2n) is 7.30. The number of hydrogen-bond donors (Lipinski definition) is 1. The highest BCUT2D eigenvalue weighted by Gasteiger charge is 2.29. The lowest BCUT2D eigenvalue weighted by Crippen LogP contribution is -2.36. The van der Waals surface area contributed by atoms with Crippen molar-refractivity contribution < 1.29 is 9.53 Å². The number of amides is 1. The lowest BCUT2D eigenvalue weighted by atomic mass is 10.0. The highest BCUT2D eigenvalue weighted by Crippen LogP contribution is 2.26. The lowest BCUT2D eigenvalue weighted by Gasteiger charge is -2.25. The van der Waals surface area contributed by atoms with Crippen LogP contribution in [0.4, 0.5) is 10.5 Å². The molecule has 0 saturated carbocycles. The normalized spacial score (nSPS) is 18.6. The first-order valence-corrected chi connectivity index (χ1v) is 8.09. The second kappa shape index (κ2) is 6.59. The van der Waals surface area contributed by atoms with Crippen molar-refractivity contribution in [2.24, 2.45) is 0 Å². The molecular weight excluding hydrogens is 276 g/mol. The summed E-state index contributed by atoms with van der Waals surface area (Å²) in [5.74, 6) is 0.479. The molecule has 1 aromatic carbocycles. The molecule has 1 amide bonds. The Labute approximate surface area is 133 Å². The Hall–Kier alpha value is -1.71. The molecule has 0 unspecified atom stereocenters. The van der Waals surface area contributed by atoms with Crippen LogP contribution in [0.5, 0.6) is 0 Å². The summed E-state index contributed by atoms with van der Waals surface area (Å²) in [7, 11) is 0. The van der Waals surface area contributed by atoms with Gasteiger partial charge in [0.2, 0.25) is 0 Å². The fraction of sp³-hybridized carbons (Fsp3) is 0.611. The summed E-state index contributed by atoms with van der Waals surface area (Å²) < 4.78 is 5.44. The number of carbonyl (C=O) groups excluding carboxylic acids is 1. The number of anilines is 1. The van der Waals surface area contributed by atoms with Crippen molar-refractivity contribution in [1.82, 2.24) is 4.90 Å². The number of ether oxygens (including phenoxy) is 1. The van der Waals surface area contributed by atoms with Gasteiger partial charge in [-0.2, -0.15) is 0 Å². The number of nitrogens with one attached hydrogen (secondary N) is 1. The van der Waals surface area contributed by atoms with Gasteiger partial charge in [0.15, 0.2) is 0 Å². The first-order chi connectivity index (χ1) is 10.3. The summed E-state index contributed by atoms with van der Waals surface area (Å²) in [6.45, 7) is 11.5. The summed E-state index contributed by atoms with van der Waals surface area (Å²) in [6.07, 6.45) is 0.736. The Morgan fingerprint density at radius 2 is 2.00 bits per heavy atom. The van der Waals surface area contributed by atoms with E-state index in [9.17, 15) is 4.79 Å². The van der Waals surface area contributed by atoms with Crippen LogP contribution < -0.4 is 5.32 Å². The zero-order valence-electron chi connectivity index (χ0n) is 14.3. The Kier molecular flexibility index (Phi) is 4.99. The van der Waals surface area contributed by atoms with Crippen LogP contribution in [0.15, 0.2) is 24.3 Å². The van der Waals surface area contributed by atoms with E-state index in [1.165, 1.54) is 11.3 Å². The summed E-state index contributed by atoms with van der Waals surface area (Å²) in [4.78, 5) is 13.9. The Bertz CT molecular complexity index is 520. The molecule has 0 radical (unpaired) electrons. The number of nitrogens with zero attached hydrogens (tertiary/aromatic N) is 1.